The molecule has 1 aliphatic heterocycles. The number of halogens is 1. The number of carbonyl (C=O) groups excluding carboxylic acids is 1. The molecule has 0 spiro atoms. The van der Waals surface area contributed by atoms with Crippen LogP contribution in [0.4, 0.5) is 0 Å². The zero-order valence-electron chi connectivity index (χ0n) is 11.5. The van der Waals surface area contributed by atoms with Crippen molar-refractivity contribution in [2.75, 3.05) is 19.7 Å². The largest absolute Gasteiger partial charge is 0.494 e. The summed E-state index contributed by atoms with van der Waals surface area (Å²) in [6, 6.07) is 7.46. The third kappa shape index (κ3) is 4.47. The molecule has 2 unspecified atom stereocenters. The van der Waals surface area contributed by atoms with Crippen molar-refractivity contribution in [3.63, 3.8) is 0 Å². The minimum absolute atomic E-state index is 0.0331. The van der Waals surface area contributed by atoms with Gasteiger partial charge in [-0.1, -0.05) is 11.6 Å². The maximum absolute atomic E-state index is 11.1. The van der Waals surface area contributed by atoms with Gasteiger partial charge >= 0.3 is 0 Å². The second-order valence-electron chi connectivity index (χ2n) is 5.18. The molecule has 0 aliphatic carbocycles. The molecule has 1 aliphatic rings. The molecule has 1 saturated heterocycles. The second-order valence-corrected chi connectivity index (χ2v) is 5.62. The van der Waals surface area contributed by atoms with Crippen molar-refractivity contribution >= 4 is 17.9 Å². The molecule has 2 atom stereocenters. The van der Waals surface area contributed by atoms with Crippen LogP contribution in [0.3, 0.4) is 0 Å². The van der Waals surface area contributed by atoms with Crippen LogP contribution in [0.1, 0.15) is 19.3 Å². The molecule has 110 valence electrons. The van der Waals surface area contributed by atoms with Gasteiger partial charge in [-0.3, -0.25) is 4.90 Å². The Hall–Kier alpha value is -1.10. The van der Waals surface area contributed by atoms with Crippen LogP contribution >= 0.6 is 11.6 Å². The Labute approximate surface area is 124 Å². The fraction of sp³-hybridized carbons (Fsp3) is 0.533. The highest BCUT2D eigenvalue weighted by molar-refractivity contribution is 6.30. The first-order chi connectivity index (χ1) is 9.69. The lowest BCUT2D eigenvalue weighted by Gasteiger charge is -2.35. The summed E-state index contributed by atoms with van der Waals surface area (Å²) in [4.78, 5) is 13.3. The molecule has 0 aromatic heterocycles. The first-order valence-electron chi connectivity index (χ1n) is 7.02. The van der Waals surface area contributed by atoms with Gasteiger partial charge in [0, 0.05) is 24.2 Å². The number of hydrogen-bond donors (Lipinski definition) is 1. The molecule has 1 aromatic carbocycles. The van der Waals surface area contributed by atoms with Gasteiger partial charge in [0.1, 0.15) is 12.0 Å². The Morgan fingerprint density at radius 1 is 1.40 bits per heavy atom. The van der Waals surface area contributed by atoms with E-state index in [1.54, 1.807) is 0 Å². The van der Waals surface area contributed by atoms with Gasteiger partial charge in [0.2, 0.25) is 0 Å². The highest BCUT2D eigenvalue weighted by atomic mass is 35.5. The van der Waals surface area contributed by atoms with Crippen LogP contribution in [-0.2, 0) is 4.79 Å². The lowest BCUT2D eigenvalue weighted by molar-refractivity contribution is -0.113. The standard InChI is InChI=1S/C15H21ClN2O2/c16-12-2-4-15(5-3-12)20-9-1-7-18-8-6-13(17)10-14(18)11-19/h2-5,11,13-14H,1,6-10,17H2. The fourth-order valence-electron chi connectivity index (χ4n) is 2.48. The number of aldehydes is 1. The van der Waals surface area contributed by atoms with E-state index in [0.717, 1.165) is 44.4 Å². The van der Waals surface area contributed by atoms with Gasteiger partial charge in [-0.2, -0.15) is 0 Å². The number of ether oxygens (including phenoxy) is 1. The van der Waals surface area contributed by atoms with E-state index in [-0.39, 0.29) is 12.1 Å². The molecule has 0 radical (unpaired) electrons. The molecule has 0 amide bonds. The van der Waals surface area contributed by atoms with Crippen molar-refractivity contribution in [2.45, 2.75) is 31.3 Å². The third-order valence-corrected chi connectivity index (χ3v) is 3.88. The van der Waals surface area contributed by atoms with Gasteiger partial charge in [-0.25, -0.2) is 0 Å². The van der Waals surface area contributed by atoms with Gasteiger partial charge in [0.25, 0.3) is 0 Å². The van der Waals surface area contributed by atoms with Gasteiger partial charge in [-0.05, 0) is 43.5 Å². The summed E-state index contributed by atoms with van der Waals surface area (Å²) in [7, 11) is 0. The van der Waals surface area contributed by atoms with E-state index in [1.165, 1.54) is 0 Å². The Bertz CT molecular complexity index is 424. The predicted octanol–water partition coefficient (Wildman–Crippen LogP) is 2.10. The maximum Gasteiger partial charge on any atom is 0.137 e. The van der Waals surface area contributed by atoms with Crippen molar-refractivity contribution in [1.29, 1.82) is 0 Å². The summed E-state index contributed by atoms with van der Waals surface area (Å²) in [5.74, 6) is 0.821. The summed E-state index contributed by atoms with van der Waals surface area (Å²) >= 11 is 5.81. The monoisotopic (exact) mass is 296 g/mol. The molecule has 1 heterocycles. The van der Waals surface area contributed by atoms with E-state index >= 15 is 0 Å². The summed E-state index contributed by atoms with van der Waals surface area (Å²) in [5.41, 5.74) is 5.88. The van der Waals surface area contributed by atoms with Crippen molar-refractivity contribution in [3.05, 3.63) is 29.3 Å². The minimum atomic E-state index is -0.0331. The third-order valence-electron chi connectivity index (χ3n) is 3.63. The molecular weight excluding hydrogens is 276 g/mol. The second kappa shape index (κ2) is 7.62. The highest BCUT2D eigenvalue weighted by Crippen LogP contribution is 2.17. The Morgan fingerprint density at radius 3 is 2.85 bits per heavy atom. The van der Waals surface area contributed by atoms with Crippen molar-refractivity contribution < 1.29 is 9.53 Å². The average Bonchev–Trinajstić information content (AvgIpc) is 2.46. The van der Waals surface area contributed by atoms with Crippen LogP contribution in [0.25, 0.3) is 0 Å². The predicted molar refractivity (Wildman–Crippen MR) is 80.2 cm³/mol. The molecule has 0 saturated carbocycles. The zero-order valence-corrected chi connectivity index (χ0v) is 12.3. The Kier molecular flexibility index (Phi) is 5.83. The minimum Gasteiger partial charge on any atom is -0.494 e. The highest BCUT2D eigenvalue weighted by Gasteiger charge is 2.25. The number of carbonyl (C=O) groups is 1. The van der Waals surface area contributed by atoms with Crippen LogP contribution in [0.5, 0.6) is 5.75 Å². The number of benzene rings is 1. The van der Waals surface area contributed by atoms with Crippen molar-refractivity contribution in [3.8, 4) is 5.75 Å². The molecule has 1 aromatic rings. The number of piperidine rings is 1. The van der Waals surface area contributed by atoms with Crippen LogP contribution in [0, 0.1) is 0 Å². The van der Waals surface area contributed by atoms with Gasteiger partial charge < -0.3 is 15.3 Å². The molecular formula is C15H21ClN2O2. The first-order valence-corrected chi connectivity index (χ1v) is 7.40. The normalized spacial score (nSPS) is 23.5. The number of nitrogens with zero attached hydrogens (tertiary/aromatic N) is 1. The van der Waals surface area contributed by atoms with Crippen LogP contribution in [-0.4, -0.2) is 43.0 Å². The number of likely N-dealkylation sites (tertiary alicyclic amines) is 1. The van der Waals surface area contributed by atoms with Gasteiger partial charge in [0.05, 0.1) is 12.6 Å². The number of hydrogen-bond acceptors (Lipinski definition) is 4. The lowest BCUT2D eigenvalue weighted by Crippen LogP contribution is -2.48. The zero-order chi connectivity index (χ0) is 14.4. The lowest BCUT2D eigenvalue weighted by atomic mass is 9.99. The summed E-state index contributed by atoms with van der Waals surface area (Å²) < 4.78 is 5.64. The van der Waals surface area contributed by atoms with E-state index in [1.807, 2.05) is 24.3 Å². The quantitative estimate of drug-likeness (QED) is 0.645. The van der Waals surface area contributed by atoms with E-state index in [2.05, 4.69) is 4.90 Å². The first kappa shape index (κ1) is 15.3. The van der Waals surface area contributed by atoms with E-state index in [9.17, 15) is 4.79 Å². The summed E-state index contributed by atoms with van der Waals surface area (Å²) in [5, 5.41) is 0.704. The molecule has 20 heavy (non-hydrogen) atoms. The fourth-order valence-corrected chi connectivity index (χ4v) is 2.61. The van der Waals surface area contributed by atoms with Crippen molar-refractivity contribution in [2.24, 2.45) is 5.73 Å². The molecule has 4 nitrogen and oxygen atoms in total. The number of rotatable bonds is 6. The van der Waals surface area contributed by atoms with Crippen molar-refractivity contribution in [1.82, 2.24) is 4.90 Å². The molecule has 0 bridgehead atoms. The summed E-state index contributed by atoms with van der Waals surface area (Å²) in [6.45, 7) is 2.39. The van der Waals surface area contributed by atoms with Gasteiger partial charge in [0.15, 0.2) is 0 Å². The molecule has 1 fully saturated rings. The SMILES string of the molecule is NC1CCN(CCCOc2ccc(Cl)cc2)C(C=O)C1. The Morgan fingerprint density at radius 2 is 2.15 bits per heavy atom. The van der Waals surface area contributed by atoms with E-state index in [4.69, 9.17) is 22.1 Å². The van der Waals surface area contributed by atoms with Crippen LogP contribution in [0.2, 0.25) is 5.02 Å². The maximum atomic E-state index is 11.1. The summed E-state index contributed by atoms with van der Waals surface area (Å²) in [6.07, 6.45) is 3.63. The van der Waals surface area contributed by atoms with Crippen LogP contribution in [0.15, 0.2) is 24.3 Å². The molecule has 5 heteroatoms. The van der Waals surface area contributed by atoms with Crippen LogP contribution < -0.4 is 10.5 Å². The molecule has 2 N–H and O–H groups in total. The average molecular weight is 297 g/mol. The Balaban J connectivity index is 1.70. The van der Waals surface area contributed by atoms with E-state index < -0.39 is 0 Å². The molecule has 2 rings (SSSR count). The smallest absolute Gasteiger partial charge is 0.137 e. The van der Waals surface area contributed by atoms with Gasteiger partial charge in [-0.15, -0.1) is 0 Å². The van der Waals surface area contributed by atoms with E-state index in [0.29, 0.717) is 11.6 Å². The number of nitrogens with two attached hydrogens (primary N) is 1. The topological polar surface area (TPSA) is 55.6 Å².